The Morgan fingerprint density at radius 3 is 2.53 bits per heavy atom. The van der Waals surface area contributed by atoms with Crippen molar-refractivity contribution >= 4 is 5.97 Å². The van der Waals surface area contributed by atoms with Gasteiger partial charge in [0.25, 0.3) is 0 Å². The first kappa shape index (κ1) is 13.1. The molecule has 3 nitrogen and oxygen atoms in total. The van der Waals surface area contributed by atoms with E-state index in [-0.39, 0.29) is 5.56 Å². The lowest BCUT2D eigenvalue weighted by Crippen LogP contribution is -1.98. The van der Waals surface area contributed by atoms with Crippen LogP contribution in [0.15, 0.2) is 36.4 Å². The summed E-state index contributed by atoms with van der Waals surface area (Å²) in [5.41, 5.74) is 2.15. The Kier molecular flexibility index (Phi) is 3.51. The lowest BCUT2D eigenvalue weighted by molar-refractivity contribution is 0.0696. The molecule has 0 heterocycles. The molecule has 0 fully saturated rings. The van der Waals surface area contributed by atoms with Crippen molar-refractivity contribution in [1.29, 1.82) is 0 Å². The fraction of sp³-hybridized carbons (Fsp3) is 0.133. The molecule has 98 valence electrons. The second-order valence-corrected chi connectivity index (χ2v) is 4.21. The van der Waals surface area contributed by atoms with E-state index in [0.717, 1.165) is 17.2 Å². The maximum atomic E-state index is 13.5. The van der Waals surface area contributed by atoms with Gasteiger partial charge in [-0.25, -0.2) is 9.18 Å². The lowest BCUT2D eigenvalue weighted by atomic mass is 9.98. The normalized spacial score (nSPS) is 10.3. The lowest BCUT2D eigenvalue weighted by Gasteiger charge is -2.09. The smallest absolute Gasteiger partial charge is 0.335 e. The van der Waals surface area contributed by atoms with Gasteiger partial charge >= 0.3 is 5.97 Å². The van der Waals surface area contributed by atoms with Gasteiger partial charge < -0.3 is 9.84 Å². The molecule has 0 aliphatic carbocycles. The Morgan fingerprint density at radius 1 is 1.21 bits per heavy atom. The number of rotatable bonds is 3. The van der Waals surface area contributed by atoms with Gasteiger partial charge in [0.15, 0.2) is 0 Å². The molecule has 0 saturated carbocycles. The standard InChI is InChI=1S/C15H13FO3/c1-9-5-13(19-2)3-4-14(9)10-6-11(15(17)18)8-12(16)7-10/h3-8H,1-2H3,(H,17,18). The summed E-state index contributed by atoms with van der Waals surface area (Å²) in [6.45, 7) is 1.86. The number of hydrogen-bond donors (Lipinski definition) is 1. The predicted octanol–water partition coefficient (Wildman–Crippen LogP) is 3.51. The third-order valence-electron chi connectivity index (χ3n) is 2.89. The highest BCUT2D eigenvalue weighted by Gasteiger charge is 2.10. The first-order chi connectivity index (χ1) is 9.01. The number of ether oxygens (including phenoxy) is 1. The van der Waals surface area contributed by atoms with E-state index in [2.05, 4.69) is 0 Å². The zero-order valence-electron chi connectivity index (χ0n) is 10.6. The van der Waals surface area contributed by atoms with Crippen molar-refractivity contribution in [2.45, 2.75) is 6.92 Å². The molecule has 0 atom stereocenters. The van der Waals surface area contributed by atoms with Crippen molar-refractivity contribution in [3.05, 3.63) is 53.3 Å². The quantitative estimate of drug-likeness (QED) is 0.918. The Balaban J connectivity index is 2.55. The fourth-order valence-corrected chi connectivity index (χ4v) is 1.96. The summed E-state index contributed by atoms with van der Waals surface area (Å²) in [7, 11) is 1.57. The van der Waals surface area contributed by atoms with Gasteiger partial charge in [0.05, 0.1) is 12.7 Å². The molecule has 0 aliphatic heterocycles. The number of carboxylic acids is 1. The Labute approximate surface area is 110 Å². The molecular weight excluding hydrogens is 247 g/mol. The van der Waals surface area contributed by atoms with E-state index in [4.69, 9.17) is 9.84 Å². The number of aromatic carboxylic acids is 1. The molecule has 0 spiro atoms. The summed E-state index contributed by atoms with van der Waals surface area (Å²) in [5, 5.41) is 8.95. The van der Waals surface area contributed by atoms with Gasteiger partial charge in [-0.2, -0.15) is 0 Å². The summed E-state index contributed by atoms with van der Waals surface area (Å²) >= 11 is 0. The van der Waals surface area contributed by atoms with E-state index in [9.17, 15) is 9.18 Å². The number of methoxy groups -OCH3 is 1. The first-order valence-electron chi connectivity index (χ1n) is 5.70. The largest absolute Gasteiger partial charge is 0.497 e. The number of benzene rings is 2. The van der Waals surface area contributed by atoms with Crippen molar-refractivity contribution in [2.24, 2.45) is 0 Å². The van der Waals surface area contributed by atoms with Crippen LogP contribution in [0.3, 0.4) is 0 Å². The number of carbonyl (C=O) groups is 1. The first-order valence-corrected chi connectivity index (χ1v) is 5.70. The van der Waals surface area contributed by atoms with Crippen molar-refractivity contribution in [1.82, 2.24) is 0 Å². The molecule has 0 aliphatic rings. The molecule has 0 bridgehead atoms. The number of halogens is 1. The van der Waals surface area contributed by atoms with Crippen molar-refractivity contribution in [3.63, 3.8) is 0 Å². The summed E-state index contributed by atoms with van der Waals surface area (Å²) in [4.78, 5) is 10.9. The highest BCUT2D eigenvalue weighted by Crippen LogP contribution is 2.28. The van der Waals surface area contributed by atoms with E-state index >= 15 is 0 Å². The Bertz CT molecular complexity index is 635. The highest BCUT2D eigenvalue weighted by molar-refractivity contribution is 5.89. The minimum atomic E-state index is -1.15. The van der Waals surface area contributed by atoms with Gasteiger partial charge in [0.2, 0.25) is 0 Å². The molecule has 4 heteroatoms. The number of carboxylic acid groups (broad SMARTS) is 1. The molecule has 0 radical (unpaired) electrons. The number of aryl methyl sites for hydroxylation is 1. The van der Waals surface area contributed by atoms with Crippen LogP contribution in [-0.2, 0) is 0 Å². The van der Waals surface area contributed by atoms with E-state index in [1.807, 2.05) is 13.0 Å². The molecule has 0 amide bonds. The molecule has 2 aromatic carbocycles. The van der Waals surface area contributed by atoms with Crippen LogP contribution >= 0.6 is 0 Å². The summed E-state index contributed by atoms with van der Waals surface area (Å²) in [6.07, 6.45) is 0. The van der Waals surface area contributed by atoms with Gasteiger partial charge in [-0.1, -0.05) is 6.07 Å². The van der Waals surface area contributed by atoms with E-state index in [1.54, 1.807) is 19.2 Å². The Hall–Kier alpha value is -2.36. The second-order valence-electron chi connectivity index (χ2n) is 4.21. The van der Waals surface area contributed by atoms with Crippen LogP contribution in [0.4, 0.5) is 4.39 Å². The summed E-state index contributed by atoms with van der Waals surface area (Å²) in [5.74, 6) is -1.01. The van der Waals surface area contributed by atoms with Crippen molar-refractivity contribution in [3.8, 4) is 16.9 Å². The maximum Gasteiger partial charge on any atom is 0.335 e. The van der Waals surface area contributed by atoms with Gasteiger partial charge in [-0.05, 0) is 53.9 Å². The number of hydrogen-bond acceptors (Lipinski definition) is 2. The van der Waals surface area contributed by atoms with Crippen LogP contribution in [-0.4, -0.2) is 18.2 Å². The van der Waals surface area contributed by atoms with Crippen LogP contribution in [0.5, 0.6) is 5.75 Å². The van der Waals surface area contributed by atoms with Gasteiger partial charge in [0, 0.05) is 0 Å². The highest BCUT2D eigenvalue weighted by atomic mass is 19.1. The molecule has 19 heavy (non-hydrogen) atoms. The summed E-state index contributed by atoms with van der Waals surface area (Å²) < 4.78 is 18.6. The van der Waals surface area contributed by atoms with Crippen molar-refractivity contribution in [2.75, 3.05) is 7.11 Å². The fourth-order valence-electron chi connectivity index (χ4n) is 1.96. The molecule has 2 rings (SSSR count). The maximum absolute atomic E-state index is 13.5. The molecule has 0 saturated heterocycles. The molecule has 1 N–H and O–H groups in total. The van der Waals surface area contributed by atoms with Crippen LogP contribution in [0.1, 0.15) is 15.9 Å². The topological polar surface area (TPSA) is 46.5 Å². The average Bonchev–Trinajstić information content (AvgIpc) is 2.37. The monoisotopic (exact) mass is 260 g/mol. The van der Waals surface area contributed by atoms with E-state index in [0.29, 0.717) is 11.3 Å². The van der Waals surface area contributed by atoms with Gasteiger partial charge in [-0.3, -0.25) is 0 Å². The van der Waals surface area contributed by atoms with Crippen LogP contribution in [0.2, 0.25) is 0 Å². The molecular formula is C15H13FO3. The summed E-state index contributed by atoms with van der Waals surface area (Å²) in [6, 6.07) is 9.15. The minimum Gasteiger partial charge on any atom is -0.497 e. The second kappa shape index (κ2) is 5.10. The van der Waals surface area contributed by atoms with Gasteiger partial charge in [0.1, 0.15) is 11.6 Å². The average molecular weight is 260 g/mol. The molecule has 0 unspecified atom stereocenters. The third-order valence-corrected chi connectivity index (χ3v) is 2.89. The van der Waals surface area contributed by atoms with Crippen LogP contribution in [0.25, 0.3) is 11.1 Å². The third kappa shape index (κ3) is 2.73. The zero-order chi connectivity index (χ0) is 14.0. The van der Waals surface area contributed by atoms with Crippen LogP contribution < -0.4 is 4.74 Å². The Morgan fingerprint density at radius 2 is 1.95 bits per heavy atom. The molecule has 2 aromatic rings. The SMILES string of the molecule is COc1ccc(-c2cc(F)cc(C(=O)O)c2)c(C)c1. The predicted molar refractivity (Wildman–Crippen MR) is 70.1 cm³/mol. The van der Waals surface area contributed by atoms with Crippen molar-refractivity contribution < 1.29 is 19.0 Å². The minimum absolute atomic E-state index is 0.0646. The van der Waals surface area contributed by atoms with E-state index in [1.165, 1.54) is 12.1 Å². The molecule has 0 aromatic heterocycles. The van der Waals surface area contributed by atoms with Crippen LogP contribution in [0, 0.1) is 12.7 Å². The van der Waals surface area contributed by atoms with Gasteiger partial charge in [-0.15, -0.1) is 0 Å². The van der Waals surface area contributed by atoms with E-state index < -0.39 is 11.8 Å². The zero-order valence-corrected chi connectivity index (χ0v) is 10.6.